The lowest BCUT2D eigenvalue weighted by Crippen LogP contribution is -2.76. The Hall–Kier alpha value is -1.53. The Balaban J connectivity index is 2.17. The lowest BCUT2D eigenvalue weighted by Gasteiger charge is -2.60. The van der Waals surface area contributed by atoms with E-state index in [0.717, 1.165) is 11.1 Å². The van der Waals surface area contributed by atoms with Crippen molar-refractivity contribution in [1.82, 2.24) is 4.90 Å². The van der Waals surface area contributed by atoms with Crippen LogP contribution < -0.4 is 0 Å². The van der Waals surface area contributed by atoms with Crippen LogP contribution in [0.5, 0.6) is 0 Å². The van der Waals surface area contributed by atoms with E-state index in [2.05, 4.69) is 0 Å². The van der Waals surface area contributed by atoms with Crippen molar-refractivity contribution in [2.45, 2.75) is 23.4 Å². The predicted octanol–water partition coefficient (Wildman–Crippen LogP) is 1.16. The van der Waals surface area contributed by atoms with Gasteiger partial charge in [0.1, 0.15) is 6.04 Å². The molecule has 0 bridgehead atoms. The van der Waals surface area contributed by atoms with Gasteiger partial charge in [-0.1, -0.05) is 24.3 Å². The summed E-state index contributed by atoms with van der Waals surface area (Å²) in [4.78, 5) is 25.5. The molecule has 0 aliphatic carbocycles. The van der Waals surface area contributed by atoms with Crippen LogP contribution in [0.3, 0.4) is 0 Å². The van der Waals surface area contributed by atoms with Gasteiger partial charge in [-0.15, -0.1) is 11.8 Å². The highest BCUT2D eigenvalue weighted by molar-refractivity contribution is 7.99. The molecule has 0 aromatic heterocycles. The topological polar surface area (TPSA) is 55.8 Å². The van der Waals surface area contributed by atoms with Crippen molar-refractivity contribution in [1.29, 1.82) is 0 Å². The van der Waals surface area contributed by atoms with Crippen molar-refractivity contribution >= 4 is 23.6 Å². The Labute approximate surface area is 127 Å². The van der Waals surface area contributed by atoms with Crippen LogP contribution in [-0.4, -0.2) is 49.4 Å². The average Bonchev–Trinajstić information content (AvgIpc) is 2.52. The van der Waals surface area contributed by atoms with Crippen LogP contribution in [-0.2, 0) is 30.4 Å². The van der Waals surface area contributed by atoms with Gasteiger partial charge in [0.05, 0.1) is 7.11 Å². The van der Waals surface area contributed by atoms with Crippen LogP contribution >= 0.6 is 11.8 Å². The minimum Gasteiger partial charge on any atom is -0.467 e. The highest BCUT2D eigenvalue weighted by atomic mass is 32.2. The maximum absolute atomic E-state index is 12.4. The highest BCUT2D eigenvalue weighted by Gasteiger charge is 2.67. The van der Waals surface area contributed by atoms with Crippen LogP contribution in [0.25, 0.3) is 0 Å². The summed E-state index contributed by atoms with van der Waals surface area (Å²) in [7, 11) is 2.88. The number of thioether (sulfide) groups is 1. The summed E-state index contributed by atoms with van der Waals surface area (Å²) >= 11 is 1.53. The summed E-state index contributed by atoms with van der Waals surface area (Å²) in [5.41, 5.74) is 2.11. The molecule has 2 heterocycles. The van der Waals surface area contributed by atoms with Gasteiger partial charge in [0.2, 0.25) is 0 Å². The molecule has 1 fully saturated rings. The number of hydrogen-bond acceptors (Lipinski definition) is 5. The minimum atomic E-state index is -0.639. The van der Waals surface area contributed by atoms with E-state index in [1.807, 2.05) is 30.5 Å². The Morgan fingerprint density at radius 2 is 2.10 bits per heavy atom. The molecule has 0 saturated carbocycles. The third-order valence-electron chi connectivity index (χ3n) is 4.32. The van der Waals surface area contributed by atoms with E-state index in [1.165, 1.54) is 26.0 Å². The Kier molecular flexibility index (Phi) is 3.45. The largest absolute Gasteiger partial charge is 0.467 e. The standard InChI is InChI=1S/C15H17NO4S/c1-19-12-13(17)16-11(14(18)20-2)8-9-6-4-5-7-10(9)15(12,16)21-3/h4-7,11-12H,8H2,1-3H3. The zero-order valence-corrected chi connectivity index (χ0v) is 13.0. The van der Waals surface area contributed by atoms with Crippen LogP contribution in [0.15, 0.2) is 24.3 Å². The molecule has 3 unspecified atom stereocenters. The zero-order valence-electron chi connectivity index (χ0n) is 12.2. The van der Waals surface area contributed by atoms with Crippen LogP contribution in [0, 0.1) is 0 Å². The van der Waals surface area contributed by atoms with E-state index < -0.39 is 17.0 Å². The molecule has 6 heteroatoms. The average molecular weight is 307 g/mol. The van der Waals surface area contributed by atoms with Crippen LogP contribution in [0.1, 0.15) is 11.1 Å². The summed E-state index contributed by atoms with van der Waals surface area (Å²) in [6.45, 7) is 0. The van der Waals surface area contributed by atoms with Gasteiger partial charge in [0, 0.05) is 13.5 Å². The fraction of sp³-hybridized carbons (Fsp3) is 0.467. The van der Waals surface area contributed by atoms with E-state index >= 15 is 0 Å². The Morgan fingerprint density at radius 3 is 2.71 bits per heavy atom. The molecule has 0 radical (unpaired) electrons. The molecule has 21 heavy (non-hydrogen) atoms. The van der Waals surface area contributed by atoms with E-state index in [0.29, 0.717) is 6.42 Å². The van der Waals surface area contributed by atoms with Gasteiger partial charge in [-0.3, -0.25) is 4.79 Å². The second-order valence-electron chi connectivity index (χ2n) is 5.12. The number of methoxy groups -OCH3 is 2. The van der Waals surface area contributed by atoms with E-state index in [4.69, 9.17) is 9.47 Å². The molecule has 1 amide bonds. The van der Waals surface area contributed by atoms with Crippen molar-refractivity contribution < 1.29 is 19.1 Å². The first kappa shape index (κ1) is 14.4. The van der Waals surface area contributed by atoms with Gasteiger partial charge < -0.3 is 14.4 Å². The molecule has 1 aromatic rings. The number of benzene rings is 1. The summed E-state index contributed by atoms with van der Waals surface area (Å²) < 4.78 is 10.3. The lowest BCUT2D eigenvalue weighted by molar-refractivity contribution is -0.191. The lowest BCUT2D eigenvalue weighted by atomic mass is 9.78. The fourth-order valence-electron chi connectivity index (χ4n) is 3.42. The van der Waals surface area contributed by atoms with Gasteiger partial charge in [0.25, 0.3) is 5.91 Å². The number of nitrogens with zero attached hydrogens (tertiary/aromatic N) is 1. The maximum Gasteiger partial charge on any atom is 0.328 e. The molecule has 0 spiro atoms. The smallest absolute Gasteiger partial charge is 0.328 e. The molecule has 3 rings (SSSR count). The third kappa shape index (κ3) is 1.69. The molecule has 2 aliphatic heterocycles. The van der Waals surface area contributed by atoms with Gasteiger partial charge in [-0.25, -0.2) is 4.79 Å². The third-order valence-corrected chi connectivity index (χ3v) is 5.58. The monoisotopic (exact) mass is 307 g/mol. The maximum atomic E-state index is 12.4. The van der Waals surface area contributed by atoms with Gasteiger partial charge in [0.15, 0.2) is 11.0 Å². The molecule has 0 N–H and O–H groups in total. The molecule has 5 nitrogen and oxygen atoms in total. The molecular formula is C15H17NO4S. The van der Waals surface area contributed by atoms with Gasteiger partial charge in [-0.2, -0.15) is 0 Å². The second kappa shape index (κ2) is 5.03. The normalized spacial score (nSPS) is 30.2. The first-order chi connectivity index (χ1) is 10.1. The van der Waals surface area contributed by atoms with E-state index in [1.54, 1.807) is 4.90 Å². The number of rotatable bonds is 3. The number of fused-ring (bicyclic) bond motifs is 3. The molecule has 1 aromatic carbocycles. The summed E-state index contributed by atoms with van der Waals surface area (Å²) in [6, 6.07) is 7.31. The second-order valence-corrected chi connectivity index (χ2v) is 6.16. The van der Waals surface area contributed by atoms with Crippen LogP contribution in [0.2, 0.25) is 0 Å². The van der Waals surface area contributed by atoms with Gasteiger partial charge >= 0.3 is 5.97 Å². The minimum absolute atomic E-state index is 0.156. The zero-order chi connectivity index (χ0) is 15.2. The summed E-state index contributed by atoms with van der Waals surface area (Å²) in [6.07, 6.45) is 1.84. The van der Waals surface area contributed by atoms with Crippen molar-refractivity contribution in [3.63, 3.8) is 0 Å². The predicted molar refractivity (Wildman–Crippen MR) is 78.8 cm³/mol. The number of amides is 1. The molecular weight excluding hydrogens is 290 g/mol. The highest BCUT2D eigenvalue weighted by Crippen LogP contribution is 2.55. The van der Waals surface area contributed by atoms with E-state index in [9.17, 15) is 9.59 Å². The number of ether oxygens (including phenoxy) is 2. The number of esters is 1. The number of β-lactam (4-membered cyclic amide) rings is 1. The quantitative estimate of drug-likeness (QED) is 0.619. The fourth-order valence-corrected chi connectivity index (χ4v) is 4.67. The van der Waals surface area contributed by atoms with E-state index in [-0.39, 0.29) is 11.9 Å². The van der Waals surface area contributed by atoms with Gasteiger partial charge in [-0.05, 0) is 17.4 Å². The number of carbonyl (C=O) groups excluding carboxylic acids is 2. The molecule has 1 saturated heterocycles. The van der Waals surface area contributed by atoms with Crippen LogP contribution in [0.4, 0.5) is 0 Å². The van der Waals surface area contributed by atoms with Crippen molar-refractivity contribution in [2.75, 3.05) is 20.5 Å². The number of carbonyl (C=O) groups is 2. The SMILES string of the molecule is COC(=O)C1Cc2ccccc2C2(SC)C(OC)C(=O)N12. The van der Waals surface area contributed by atoms with Crippen molar-refractivity contribution in [2.24, 2.45) is 0 Å². The summed E-state index contributed by atoms with van der Waals surface area (Å²) in [5.74, 6) is -0.539. The van der Waals surface area contributed by atoms with Crippen molar-refractivity contribution in [3.8, 4) is 0 Å². The first-order valence-electron chi connectivity index (χ1n) is 6.69. The molecule has 112 valence electrons. The summed E-state index contributed by atoms with van der Waals surface area (Å²) in [5, 5.41) is 0. The first-order valence-corrected chi connectivity index (χ1v) is 7.91. The molecule has 2 aliphatic rings. The Bertz CT molecular complexity index is 605. The number of hydrogen-bond donors (Lipinski definition) is 0. The van der Waals surface area contributed by atoms with Crippen molar-refractivity contribution in [3.05, 3.63) is 35.4 Å². The molecule has 3 atom stereocenters. The Morgan fingerprint density at radius 1 is 1.38 bits per heavy atom.